The molecular formula is C22H16ClFO5. The average molecular weight is 415 g/mol. The maximum Gasteiger partial charge on any atom is 0.174 e. The van der Waals surface area contributed by atoms with E-state index in [1.807, 2.05) is 12.1 Å². The van der Waals surface area contributed by atoms with E-state index in [4.69, 9.17) is 16.3 Å². The average Bonchev–Trinajstić information content (AvgIpc) is 3.49. The molecule has 4 rings (SSSR count). The largest absolute Gasteiger partial charge is 0.507 e. The van der Waals surface area contributed by atoms with Crippen molar-refractivity contribution in [3.8, 4) is 28.7 Å². The molecule has 1 saturated carbocycles. The van der Waals surface area contributed by atoms with Gasteiger partial charge in [-0.1, -0.05) is 23.7 Å². The molecule has 2 unspecified atom stereocenters. The van der Waals surface area contributed by atoms with Crippen molar-refractivity contribution in [2.24, 2.45) is 5.92 Å². The van der Waals surface area contributed by atoms with E-state index in [9.17, 15) is 24.5 Å². The molecule has 0 bridgehead atoms. The van der Waals surface area contributed by atoms with Gasteiger partial charge in [-0.2, -0.15) is 0 Å². The zero-order valence-electron chi connectivity index (χ0n) is 15.0. The smallest absolute Gasteiger partial charge is 0.174 e. The second-order valence-electron chi connectivity index (χ2n) is 6.89. The molecule has 0 heterocycles. The van der Waals surface area contributed by atoms with Gasteiger partial charge in [-0.25, -0.2) is 4.39 Å². The number of ether oxygens (including phenoxy) is 1. The predicted octanol–water partition coefficient (Wildman–Crippen LogP) is 5.37. The van der Waals surface area contributed by atoms with Gasteiger partial charge >= 0.3 is 0 Å². The van der Waals surface area contributed by atoms with Crippen molar-refractivity contribution < 1.29 is 29.2 Å². The summed E-state index contributed by atoms with van der Waals surface area (Å²) in [5.41, 5.74) is 0.634. The number of hydrogen-bond acceptors (Lipinski definition) is 5. The fraction of sp³-hybridized carbons (Fsp3) is 0.136. The number of phenols is 3. The van der Waals surface area contributed by atoms with E-state index in [0.29, 0.717) is 17.9 Å². The fourth-order valence-electron chi connectivity index (χ4n) is 3.32. The van der Waals surface area contributed by atoms with Gasteiger partial charge in [0.25, 0.3) is 0 Å². The lowest BCUT2D eigenvalue weighted by Crippen LogP contribution is -2.04. The molecule has 148 valence electrons. The standard InChI is InChI=1S/C22H16ClFO5/c23-20-18(26)10-17(25)19(22(20)28)21(27)16-9-15(16)11-1-5-13(6-2-11)29-14-7-3-12(24)4-8-14/h1-8,10,15-16,25-26,28H,9H2. The summed E-state index contributed by atoms with van der Waals surface area (Å²) < 4.78 is 18.6. The monoisotopic (exact) mass is 414 g/mol. The molecule has 3 N–H and O–H groups in total. The first kappa shape index (κ1) is 19.1. The lowest BCUT2D eigenvalue weighted by Gasteiger charge is -2.10. The third-order valence-electron chi connectivity index (χ3n) is 4.93. The summed E-state index contributed by atoms with van der Waals surface area (Å²) in [4.78, 5) is 12.7. The number of carbonyl (C=O) groups is 1. The minimum Gasteiger partial charge on any atom is -0.507 e. The zero-order valence-corrected chi connectivity index (χ0v) is 15.7. The van der Waals surface area contributed by atoms with E-state index in [2.05, 4.69) is 0 Å². The van der Waals surface area contributed by atoms with Crippen LogP contribution in [0.25, 0.3) is 0 Å². The van der Waals surface area contributed by atoms with Crippen LogP contribution in [-0.2, 0) is 0 Å². The van der Waals surface area contributed by atoms with Crippen LogP contribution < -0.4 is 4.74 Å². The normalized spacial score (nSPS) is 17.7. The van der Waals surface area contributed by atoms with Crippen LogP contribution in [0.1, 0.15) is 28.3 Å². The van der Waals surface area contributed by atoms with E-state index >= 15 is 0 Å². The second-order valence-corrected chi connectivity index (χ2v) is 7.27. The van der Waals surface area contributed by atoms with Crippen LogP contribution in [0.5, 0.6) is 28.7 Å². The van der Waals surface area contributed by atoms with E-state index in [0.717, 1.165) is 11.6 Å². The summed E-state index contributed by atoms with van der Waals surface area (Å²) >= 11 is 5.77. The number of ketones is 1. The van der Waals surface area contributed by atoms with Gasteiger partial charge < -0.3 is 20.1 Å². The van der Waals surface area contributed by atoms with Gasteiger partial charge in [-0.3, -0.25) is 4.79 Å². The van der Waals surface area contributed by atoms with Crippen molar-refractivity contribution in [2.45, 2.75) is 12.3 Å². The third-order valence-corrected chi connectivity index (χ3v) is 5.30. The quantitative estimate of drug-likeness (QED) is 0.488. The van der Waals surface area contributed by atoms with Crippen LogP contribution in [0.3, 0.4) is 0 Å². The lowest BCUT2D eigenvalue weighted by molar-refractivity contribution is 0.0959. The Bertz CT molecular complexity index is 1080. The Labute approximate surface area is 170 Å². The Morgan fingerprint density at radius 1 is 0.966 bits per heavy atom. The maximum atomic E-state index is 13.0. The molecule has 0 aromatic heterocycles. The molecule has 3 aromatic carbocycles. The minimum absolute atomic E-state index is 0.0613. The van der Waals surface area contributed by atoms with Crippen molar-refractivity contribution in [3.05, 3.63) is 76.6 Å². The third kappa shape index (κ3) is 3.71. The van der Waals surface area contributed by atoms with Crippen LogP contribution in [0, 0.1) is 11.7 Å². The molecule has 2 atom stereocenters. The van der Waals surface area contributed by atoms with Gasteiger partial charge in [0, 0.05) is 12.0 Å². The topological polar surface area (TPSA) is 87.0 Å². The van der Waals surface area contributed by atoms with E-state index in [1.54, 1.807) is 12.1 Å². The highest BCUT2D eigenvalue weighted by molar-refractivity contribution is 6.34. The van der Waals surface area contributed by atoms with Gasteiger partial charge in [0.05, 0.1) is 0 Å². The molecular weight excluding hydrogens is 399 g/mol. The van der Waals surface area contributed by atoms with Crippen LogP contribution >= 0.6 is 11.6 Å². The van der Waals surface area contributed by atoms with Crippen molar-refractivity contribution >= 4 is 17.4 Å². The van der Waals surface area contributed by atoms with Gasteiger partial charge in [0.15, 0.2) is 11.5 Å². The van der Waals surface area contributed by atoms with E-state index in [-0.39, 0.29) is 22.3 Å². The highest BCUT2D eigenvalue weighted by Gasteiger charge is 2.45. The van der Waals surface area contributed by atoms with Crippen molar-refractivity contribution in [1.82, 2.24) is 0 Å². The SMILES string of the molecule is O=C(c1c(O)cc(O)c(Cl)c1O)C1CC1c1ccc(Oc2ccc(F)cc2)cc1. The Morgan fingerprint density at radius 2 is 1.55 bits per heavy atom. The Kier molecular flexibility index (Phi) is 4.80. The zero-order chi connectivity index (χ0) is 20.7. The number of aromatic hydroxyl groups is 3. The van der Waals surface area contributed by atoms with Gasteiger partial charge in [0.1, 0.15) is 39.4 Å². The number of benzene rings is 3. The molecule has 7 heteroatoms. The Balaban J connectivity index is 1.47. The molecule has 5 nitrogen and oxygen atoms in total. The van der Waals surface area contributed by atoms with Gasteiger partial charge in [0.2, 0.25) is 0 Å². The summed E-state index contributed by atoms with van der Waals surface area (Å²) in [6.45, 7) is 0. The van der Waals surface area contributed by atoms with Crippen LogP contribution in [-0.4, -0.2) is 21.1 Å². The summed E-state index contributed by atoms with van der Waals surface area (Å²) in [5.74, 6) is -1.79. The number of rotatable bonds is 5. The summed E-state index contributed by atoms with van der Waals surface area (Å²) in [7, 11) is 0. The lowest BCUT2D eigenvalue weighted by atomic mass is 10.0. The van der Waals surface area contributed by atoms with Crippen molar-refractivity contribution in [3.63, 3.8) is 0 Å². The molecule has 1 aliphatic carbocycles. The Morgan fingerprint density at radius 3 is 2.17 bits per heavy atom. The maximum absolute atomic E-state index is 13.0. The molecule has 0 aliphatic heterocycles. The summed E-state index contributed by atoms with van der Waals surface area (Å²) in [5, 5.41) is 29.2. The molecule has 1 fully saturated rings. The fourth-order valence-corrected chi connectivity index (χ4v) is 3.47. The van der Waals surface area contributed by atoms with Crippen LogP contribution in [0.15, 0.2) is 54.6 Å². The van der Waals surface area contributed by atoms with E-state index in [1.165, 1.54) is 24.3 Å². The minimum atomic E-state index is -0.622. The molecule has 0 amide bonds. The highest BCUT2D eigenvalue weighted by Crippen LogP contribution is 2.52. The highest BCUT2D eigenvalue weighted by atomic mass is 35.5. The van der Waals surface area contributed by atoms with Gasteiger partial charge in [-0.05, 0) is 54.3 Å². The van der Waals surface area contributed by atoms with Gasteiger partial charge in [-0.15, -0.1) is 0 Å². The molecule has 1 aliphatic rings. The first-order chi connectivity index (χ1) is 13.8. The first-order valence-electron chi connectivity index (χ1n) is 8.86. The molecule has 0 spiro atoms. The number of phenolic OH excluding ortho intramolecular Hbond substituents is 3. The van der Waals surface area contributed by atoms with E-state index < -0.39 is 28.9 Å². The van der Waals surface area contributed by atoms with Crippen molar-refractivity contribution in [2.75, 3.05) is 0 Å². The number of carbonyl (C=O) groups excluding carboxylic acids is 1. The second kappa shape index (κ2) is 7.29. The summed E-state index contributed by atoms with van der Waals surface area (Å²) in [6, 6.07) is 13.8. The number of hydrogen-bond donors (Lipinski definition) is 3. The number of Topliss-reactive ketones (excluding diaryl/α,β-unsaturated/α-hetero) is 1. The van der Waals surface area contributed by atoms with Crippen LogP contribution in [0.2, 0.25) is 5.02 Å². The first-order valence-corrected chi connectivity index (χ1v) is 9.24. The molecule has 3 aromatic rings. The van der Waals surface area contributed by atoms with Crippen LogP contribution in [0.4, 0.5) is 4.39 Å². The molecule has 0 radical (unpaired) electrons. The Hall–Kier alpha value is -3.25. The predicted molar refractivity (Wildman–Crippen MR) is 105 cm³/mol. The number of halogens is 2. The molecule has 29 heavy (non-hydrogen) atoms. The summed E-state index contributed by atoms with van der Waals surface area (Å²) in [6.07, 6.45) is 0.564. The van der Waals surface area contributed by atoms with Crippen molar-refractivity contribution in [1.29, 1.82) is 0 Å². The molecule has 0 saturated heterocycles.